The van der Waals surface area contributed by atoms with Gasteiger partial charge in [0.25, 0.3) is 5.91 Å². The van der Waals surface area contributed by atoms with E-state index in [1.54, 1.807) is 0 Å². The summed E-state index contributed by atoms with van der Waals surface area (Å²) in [5, 5.41) is 2.66. The minimum absolute atomic E-state index is 0.0361. The fourth-order valence-electron chi connectivity index (χ4n) is 1.48. The van der Waals surface area contributed by atoms with Gasteiger partial charge in [0, 0.05) is 6.04 Å². The number of nitrogens with one attached hydrogen (secondary N) is 1. The summed E-state index contributed by atoms with van der Waals surface area (Å²) >= 11 is 0. The fraction of sp³-hybridized carbons (Fsp3) is 0.889. The number of hydrogen-bond acceptors (Lipinski definition) is 2. The largest absolute Gasteiger partial charge is 0.364 e. The predicted octanol–water partition coefficient (Wildman–Crippen LogP) is 0.885. The van der Waals surface area contributed by atoms with Crippen LogP contribution in [0, 0.1) is 5.92 Å². The first kappa shape index (κ1) is 11.4. The quantitative estimate of drug-likeness (QED) is 0.701. The Kier molecular flexibility index (Phi) is 3.42. The number of carbonyl (C=O) groups is 1. The maximum atomic E-state index is 12.8. The maximum Gasteiger partial charge on any atom is 0.336 e. The minimum Gasteiger partial charge on any atom is -0.364 e. The Morgan fingerprint density at radius 2 is 2.21 bits per heavy atom. The topological polar surface area (TPSA) is 55.1 Å². The van der Waals surface area contributed by atoms with Gasteiger partial charge in [0.05, 0.1) is 6.54 Å². The fourth-order valence-corrected chi connectivity index (χ4v) is 1.48. The summed E-state index contributed by atoms with van der Waals surface area (Å²) in [6.45, 7) is 1.21. The first-order chi connectivity index (χ1) is 6.43. The zero-order chi connectivity index (χ0) is 10.8. The van der Waals surface area contributed by atoms with E-state index in [-0.39, 0.29) is 6.04 Å². The lowest BCUT2D eigenvalue weighted by Gasteiger charge is -2.32. The normalized spacial score (nSPS) is 20.2. The van der Waals surface area contributed by atoms with Crippen molar-refractivity contribution in [2.75, 3.05) is 6.54 Å². The summed E-state index contributed by atoms with van der Waals surface area (Å²) in [6, 6.07) is 0.0361. The van der Waals surface area contributed by atoms with E-state index in [0.29, 0.717) is 5.92 Å². The van der Waals surface area contributed by atoms with Crippen molar-refractivity contribution in [1.29, 1.82) is 0 Å². The van der Waals surface area contributed by atoms with E-state index in [2.05, 4.69) is 11.1 Å². The number of amides is 1. The van der Waals surface area contributed by atoms with Gasteiger partial charge in [0.1, 0.15) is 0 Å². The van der Waals surface area contributed by atoms with Crippen molar-refractivity contribution in [3.8, 4) is 0 Å². The highest BCUT2D eigenvalue weighted by atomic mass is 19.3. The molecule has 1 fully saturated rings. The Labute approximate surface area is 82.0 Å². The lowest BCUT2D eigenvalue weighted by molar-refractivity contribution is -0.141. The molecule has 0 aliphatic heterocycles. The maximum absolute atomic E-state index is 12.8. The Hall–Kier alpha value is -0.710. The van der Waals surface area contributed by atoms with E-state index < -0.39 is 18.4 Å². The molecule has 1 amide bonds. The van der Waals surface area contributed by atoms with Gasteiger partial charge in [0.2, 0.25) is 0 Å². The van der Waals surface area contributed by atoms with E-state index in [0.717, 1.165) is 12.8 Å². The molecule has 14 heavy (non-hydrogen) atoms. The minimum atomic E-state index is -3.43. The summed E-state index contributed by atoms with van der Waals surface area (Å²) in [5.41, 5.74) is 4.55. The molecule has 1 aliphatic rings. The molecule has 1 saturated carbocycles. The number of halogens is 2. The predicted molar refractivity (Wildman–Crippen MR) is 48.9 cm³/mol. The first-order valence-corrected chi connectivity index (χ1v) is 4.84. The molecule has 0 bridgehead atoms. The van der Waals surface area contributed by atoms with Gasteiger partial charge in [0.15, 0.2) is 0 Å². The van der Waals surface area contributed by atoms with Crippen molar-refractivity contribution >= 4 is 5.91 Å². The van der Waals surface area contributed by atoms with E-state index in [1.165, 1.54) is 6.42 Å². The van der Waals surface area contributed by atoms with Crippen LogP contribution >= 0.6 is 0 Å². The number of nitrogens with two attached hydrogens (primary N) is 1. The number of hydrogen-bond donors (Lipinski definition) is 2. The zero-order valence-electron chi connectivity index (χ0n) is 8.22. The van der Waals surface area contributed by atoms with Crippen molar-refractivity contribution in [2.24, 2.45) is 11.7 Å². The molecule has 0 radical (unpaired) electrons. The van der Waals surface area contributed by atoms with Crippen LogP contribution in [0.1, 0.15) is 26.2 Å². The van der Waals surface area contributed by atoms with Crippen LogP contribution in [0.3, 0.4) is 0 Å². The number of carbonyl (C=O) groups excluding carboxylic acids is 1. The van der Waals surface area contributed by atoms with Gasteiger partial charge in [-0.1, -0.05) is 6.42 Å². The van der Waals surface area contributed by atoms with Gasteiger partial charge >= 0.3 is 5.92 Å². The van der Waals surface area contributed by atoms with Gasteiger partial charge in [-0.05, 0) is 25.7 Å². The second-order valence-corrected chi connectivity index (χ2v) is 3.93. The smallest absolute Gasteiger partial charge is 0.336 e. The molecule has 82 valence electrons. The van der Waals surface area contributed by atoms with Gasteiger partial charge in [-0.25, -0.2) is 0 Å². The molecule has 0 aromatic rings. The van der Waals surface area contributed by atoms with Crippen LogP contribution in [0.25, 0.3) is 0 Å². The lowest BCUT2D eigenvalue weighted by atomic mass is 9.80. The molecule has 0 spiro atoms. The Morgan fingerprint density at radius 1 is 1.64 bits per heavy atom. The van der Waals surface area contributed by atoms with Gasteiger partial charge in [-0.3, -0.25) is 4.79 Å². The molecule has 1 atom stereocenters. The molecule has 1 aliphatic carbocycles. The van der Waals surface area contributed by atoms with Crippen LogP contribution in [-0.2, 0) is 4.79 Å². The van der Waals surface area contributed by atoms with Gasteiger partial charge in [-0.2, -0.15) is 8.78 Å². The molecule has 1 rings (SSSR count). The molecule has 0 heterocycles. The summed E-state index contributed by atoms with van der Waals surface area (Å²) in [5.74, 6) is -4.53. The molecule has 3 nitrogen and oxygen atoms in total. The Balaban J connectivity index is 2.28. The SMILES string of the molecule is CC(NCC(F)(F)C(N)=O)C1CCC1. The van der Waals surface area contributed by atoms with E-state index in [1.807, 2.05) is 6.92 Å². The van der Waals surface area contributed by atoms with Crippen LogP contribution in [0.5, 0.6) is 0 Å². The van der Waals surface area contributed by atoms with Crippen LogP contribution in [0.15, 0.2) is 0 Å². The molecule has 5 heteroatoms. The molecule has 1 unspecified atom stereocenters. The highest BCUT2D eigenvalue weighted by Crippen LogP contribution is 2.29. The summed E-state index contributed by atoms with van der Waals surface area (Å²) in [4.78, 5) is 10.3. The van der Waals surface area contributed by atoms with Crippen LogP contribution in [0.4, 0.5) is 8.78 Å². The monoisotopic (exact) mass is 206 g/mol. The van der Waals surface area contributed by atoms with Crippen molar-refractivity contribution in [2.45, 2.75) is 38.2 Å². The van der Waals surface area contributed by atoms with Gasteiger partial charge < -0.3 is 11.1 Å². The number of alkyl halides is 2. The molecule has 3 N–H and O–H groups in total. The highest BCUT2D eigenvalue weighted by molar-refractivity contribution is 5.81. The average Bonchev–Trinajstić information content (AvgIpc) is 1.97. The highest BCUT2D eigenvalue weighted by Gasteiger charge is 2.37. The first-order valence-electron chi connectivity index (χ1n) is 4.84. The summed E-state index contributed by atoms with van der Waals surface area (Å²) in [7, 11) is 0. The summed E-state index contributed by atoms with van der Waals surface area (Å²) in [6.07, 6.45) is 3.33. The number of primary amides is 1. The standard InChI is InChI=1S/C9H16F2N2O/c1-6(7-3-2-4-7)13-5-9(10,11)8(12)14/h6-7,13H,2-5H2,1H3,(H2,12,14). The Morgan fingerprint density at radius 3 is 2.57 bits per heavy atom. The lowest BCUT2D eigenvalue weighted by Crippen LogP contribution is -2.48. The number of rotatable bonds is 5. The van der Waals surface area contributed by atoms with Crippen molar-refractivity contribution in [3.63, 3.8) is 0 Å². The van der Waals surface area contributed by atoms with Crippen molar-refractivity contribution < 1.29 is 13.6 Å². The third-order valence-corrected chi connectivity index (χ3v) is 2.86. The molecular weight excluding hydrogens is 190 g/mol. The third kappa shape index (κ3) is 2.64. The molecular formula is C9H16F2N2O. The van der Waals surface area contributed by atoms with Crippen LogP contribution < -0.4 is 11.1 Å². The second-order valence-electron chi connectivity index (χ2n) is 3.93. The third-order valence-electron chi connectivity index (χ3n) is 2.86. The molecule has 0 saturated heterocycles. The second kappa shape index (κ2) is 4.21. The van der Waals surface area contributed by atoms with E-state index in [4.69, 9.17) is 0 Å². The van der Waals surface area contributed by atoms with Crippen LogP contribution in [0.2, 0.25) is 0 Å². The molecule has 0 aromatic carbocycles. The van der Waals surface area contributed by atoms with Crippen LogP contribution in [-0.4, -0.2) is 24.4 Å². The van der Waals surface area contributed by atoms with Crippen molar-refractivity contribution in [3.05, 3.63) is 0 Å². The van der Waals surface area contributed by atoms with Gasteiger partial charge in [-0.15, -0.1) is 0 Å². The summed E-state index contributed by atoms with van der Waals surface area (Å²) < 4.78 is 25.5. The average molecular weight is 206 g/mol. The van der Waals surface area contributed by atoms with E-state index in [9.17, 15) is 13.6 Å². The molecule has 0 aromatic heterocycles. The van der Waals surface area contributed by atoms with Crippen molar-refractivity contribution in [1.82, 2.24) is 5.32 Å². The Bertz CT molecular complexity index is 217. The van der Waals surface area contributed by atoms with E-state index >= 15 is 0 Å². The zero-order valence-corrected chi connectivity index (χ0v) is 8.22.